The summed E-state index contributed by atoms with van der Waals surface area (Å²) in [5.74, 6) is 0. The second-order valence-corrected chi connectivity index (χ2v) is 6.15. The molecule has 0 bridgehead atoms. The fraction of sp³-hybridized carbons (Fsp3) is 0.385. The number of nitrogens with one attached hydrogen (secondary N) is 1. The number of nitrogens with zero attached hydrogens (tertiary/aromatic N) is 4. The molecule has 0 saturated carbocycles. The molecule has 0 spiro atoms. The van der Waals surface area contributed by atoms with Gasteiger partial charge in [-0.25, -0.2) is 9.97 Å². The van der Waals surface area contributed by atoms with Crippen molar-refractivity contribution in [2.75, 3.05) is 19.3 Å². The van der Waals surface area contributed by atoms with E-state index in [0.29, 0.717) is 17.6 Å². The van der Waals surface area contributed by atoms with Gasteiger partial charge in [0, 0.05) is 24.4 Å². The SMILES string of the molecule is CS(=O)c1ncc2cc(C#N)c(=O)n([C@@H]3CCNC3)c2n1. The Labute approximate surface area is 123 Å². The van der Waals surface area contributed by atoms with E-state index in [1.165, 1.54) is 23.1 Å². The summed E-state index contributed by atoms with van der Waals surface area (Å²) in [6.45, 7) is 1.46. The number of hydrogen-bond acceptors (Lipinski definition) is 6. The van der Waals surface area contributed by atoms with Crippen LogP contribution in [-0.4, -0.2) is 38.1 Å². The Morgan fingerprint density at radius 2 is 2.38 bits per heavy atom. The van der Waals surface area contributed by atoms with Gasteiger partial charge in [0.25, 0.3) is 5.56 Å². The van der Waals surface area contributed by atoms with Crippen molar-refractivity contribution in [3.05, 3.63) is 28.2 Å². The molecule has 8 heteroatoms. The minimum atomic E-state index is -1.33. The van der Waals surface area contributed by atoms with Gasteiger partial charge in [0.1, 0.15) is 17.3 Å². The lowest BCUT2D eigenvalue weighted by atomic mass is 10.2. The maximum Gasteiger partial charge on any atom is 0.270 e. The molecule has 0 amide bonds. The van der Waals surface area contributed by atoms with E-state index < -0.39 is 10.8 Å². The summed E-state index contributed by atoms with van der Waals surface area (Å²) in [6, 6.07) is 3.35. The molecule has 3 heterocycles. The number of aromatic nitrogens is 3. The molecule has 1 fully saturated rings. The van der Waals surface area contributed by atoms with Gasteiger partial charge in [-0.3, -0.25) is 13.6 Å². The molecule has 7 nitrogen and oxygen atoms in total. The maximum atomic E-state index is 12.5. The minimum Gasteiger partial charge on any atom is -0.315 e. The first-order valence-corrected chi connectivity index (χ1v) is 8.04. The molecule has 1 aliphatic rings. The van der Waals surface area contributed by atoms with Crippen molar-refractivity contribution < 1.29 is 4.21 Å². The van der Waals surface area contributed by atoms with Gasteiger partial charge in [0.15, 0.2) is 0 Å². The summed E-state index contributed by atoms with van der Waals surface area (Å²) in [4.78, 5) is 20.8. The predicted molar refractivity (Wildman–Crippen MR) is 77.4 cm³/mol. The maximum absolute atomic E-state index is 12.5. The van der Waals surface area contributed by atoms with Gasteiger partial charge in [-0.2, -0.15) is 5.26 Å². The Bertz CT molecular complexity index is 833. The number of nitriles is 1. The quantitative estimate of drug-likeness (QED) is 0.780. The zero-order valence-corrected chi connectivity index (χ0v) is 12.2. The van der Waals surface area contributed by atoms with Crippen LogP contribution in [0.5, 0.6) is 0 Å². The smallest absolute Gasteiger partial charge is 0.270 e. The molecule has 1 unspecified atom stereocenters. The Kier molecular flexibility index (Phi) is 3.53. The summed E-state index contributed by atoms with van der Waals surface area (Å²) in [6.07, 6.45) is 3.79. The highest BCUT2D eigenvalue weighted by Crippen LogP contribution is 2.20. The highest BCUT2D eigenvalue weighted by molar-refractivity contribution is 7.84. The van der Waals surface area contributed by atoms with E-state index in [1.54, 1.807) is 0 Å². The molecule has 21 heavy (non-hydrogen) atoms. The summed E-state index contributed by atoms with van der Waals surface area (Å²) < 4.78 is 13.1. The lowest BCUT2D eigenvalue weighted by Gasteiger charge is -2.16. The van der Waals surface area contributed by atoms with Crippen molar-refractivity contribution >= 4 is 21.8 Å². The van der Waals surface area contributed by atoms with Crippen molar-refractivity contribution in [2.45, 2.75) is 17.6 Å². The molecule has 3 rings (SSSR count). The molecule has 0 aromatic carbocycles. The second kappa shape index (κ2) is 5.35. The van der Waals surface area contributed by atoms with Crippen molar-refractivity contribution in [1.82, 2.24) is 19.9 Å². The van der Waals surface area contributed by atoms with Crippen LogP contribution in [0.15, 0.2) is 22.2 Å². The average Bonchev–Trinajstić information content (AvgIpc) is 2.99. The van der Waals surface area contributed by atoms with Crippen molar-refractivity contribution in [3.8, 4) is 6.07 Å². The van der Waals surface area contributed by atoms with Gasteiger partial charge < -0.3 is 5.32 Å². The monoisotopic (exact) mass is 303 g/mol. The van der Waals surface area contributed by atoms with Gasteiger partial charge in [-0.15, -0.1) is 0 Å². The third-order valence-corrected chi connectivity index (χ3v) is 4.24. The van der Waals surface area contributed by atoms with E-state index >= 15 is 0 Å². The molecule has 2 atom stereocenters. The molecule has 2 aromatic rings. The van der Waals surface area contributed by atoms with Gasteiger partial charge in [0.05, 0.1) is 16.8 Å². The number of fused-ring (bicyclic) bond motifs is 1. The predicted octanol–water partition coefficient (Wildman–Crippen LogP) is -0.0650. The topological polar surface area (TPSA) is 101 Å². The first kappa shape index (κ1) is 13.9. The number of pyridine rings is 1. The standard InChI is InChI=1S/C13H13N5O2S/c1-21(20)13-16-6-9-4-8(5-14)12(19)18(11(9)17-13)10-2-3-15-7-10/h4,6,10,15H,2-3,7H2,1H3/t10-,21?/m1/s1. The van der Waals surface area contributed by atoms with E-state index in [1.807, 2.05) is 6.07 Å². The van der Waals surface area contributed by atoms with Crippen LogP contribution in [0.25, 0.3) is 11.0 Å². The van der Waals surface area contributed by atoms with Crippen molar-refractivity contribution in [1.29, 1.82) is 5.26 Å². The molecule has 0 aliphatic carbocycles. The largest absolute Gasteiger partial charge is 0.315 e. The second-order valence-electron chi connectivity index (χ2n) is 4.88. The Hall–Kier alpha value is -2.11. The normalized spacial score (nSPS) is 19.5. The van der Waals surface area contributed by atoms with Crippen LogP contribution in [0.2, 0.25) is 0 Å². The van der Waals surface area contributed by atoms with E-state index in [0.717, 1.165) is 13.0 Å². The summed E-state index contributed by atoms with van der Waals surface area (Å²) in [5, 5.41) is 13.1. The molecular weight excluding hydrogens is 290 g/mol. The molecular formula is C13H13N5O2S. The molecule has 108 valence electrons. The van der Waals surface area contributed by atoms with E-state index in [2.05, 4.69) is 15.3 Å². The van der Waals surface area contributed by atoms with E-state index in [-0.39, 0.29) is 22.3 Å². The zero-order valence-electron chi connectivity index (χ0n) is 11.4. The van der Waals surface area contributed by atoms with Crippen LogP contribution in [0.3, 0.4) is 0 Å². The van der Waals surface area contributed by atoms with Gasteiger partial charge in [0.2, 0.25) is 5.16 Å². The van der Waals surface area contributed by atoms with Gasteiger partial charge >= 0.3 is 0 Å². The number of rotatable bonds is 2. The Balaban J connectivity index is 2.36. The van der Waals surface area contributed by atoms with Crippen LogP contribution in [0, 0.1) is 11.3 Å². The Morgan fingerprint density at radius 1 is 1.57 bits per heavy atom. The third-order valence-electron chi connectivity index (χ3n) is 3.53. The number of hydrogen-bond donors (Lipinski definition) is 1. The van der Waals surface area contributed by atoms with Crippen LogP contribution < -0.4 is 10.9 Å². The molecule has 1 N–H and O–H groups in total. The Morgan fingerprint density at radius 3 is 3.00 bits per heavy atom. The van der Waals surface area contributed by atoms with E-state index in [4.69, 9.17) is 5.26 Å². The third kappa shape index (κ3) is 2.34. The molecule has 0 radical (unpaired) electrons. The minimum absolute atomic E-state index is 0.0543. The van der Waals surface area contributed by atoms with Crippen LogP contribution in [0.1, 0.15) is 18.0 Å². The molecule has 1 aliphatic heterocycles. The lowest BCUT2D eigenvalue weighted by Crippen LogP contribution is -2.29. The zero-order chi connectivity index (χ0) is 15.0. The molecule has 1 saturated heterocycles. The average molecular weight is 303 g/mol. The van der Waals surface area contributed by atoms with Crippen LogP contribution >= 0.6 is 0 Å². The van der Waals surface area contributed by atoms with Crippen LogP contribution in [-0.2, 0) is 10.8 Å². The van der Waals surface area contributed by atoms with Gasteiger partial charge in [-0.1, -0.05) is 0 Å². The summed E-state index contributed by atoms with van der Waals surface area (Å²) in [5.41, 5.74) is 0.154. The molecule has 2 aromatic heterocycles. The highest BCUT2D eigenvalue weighted by Gasteiger charge is 2.22. The first-order chi connectivity index (χ1) is 10.1. The van der Waals surface area contributed by atoms with Crippen LogP contribution in [0.4, 0.5) is 0 Å². The highest BCUT2D eigenvalue weighted by atomic mass is 32.2. The fourth-order valence-corrected chi connectivity index (χ4v) is 2.94. The lowest BCUT2D eigenvalue weighted by molar-refractivity contribution is 0.540. The van der Waals surface area contributed by atoms with E-state index in [9.17, 15) is 9.00 Å². The summed E-state index contributed by atoms with van der Waals surface area (Å²) in [7, 11) is -1.33. The van der Waals surface area contributed by atoms with Gasteiger partial charge in [-0.05, 0) is 19.0 Å². The first-order valence-electron chi connectivity index (χ1n) is 6.48. The summed E-state index contributed by atoms with van der Waals surface area (Å²) >= 11 is 0. The fourth-order valence-electron chi connectivity index (χ4n) is 2.52. The van der Waals surface area contributed by atoms with Crippen molar-refractivity contribution in [3.63, 3.8) is 0 Å². The van der Waals surface area contributed by atoms with Crippen molar-refractivity contribution in [2.24, 2.45) is 0 Å².